The molecule has 0 unspecified atom stereocenters. The molecular weight excluding hydrogens is 381 g/mol. The fourth-order valence-corrected chi connectivity index (χ4v) is 4.44. The Balaban J connectivity index is 1.75. The molecule has 0 aliphatic carbocycles. The van der Waals surface area contributed by atoms with Gasteiger partial charge in [-0.05, 0) is 30.3 Å². The van der Waals surface area contributed by atoms with E-state index in [1.807, 2.05) is 29.2 Å². The van der Waals surface area contributed by atoms with Gasteiger partial charge in [0.2, 0.25) is 10.0 Å². The highest BCUT2D eigenvalue weighted by atomic mass is 32.2. The van der Waals surface area contributed by atoms with Gasteiger partial charge in [-0.15, -0.1) is 0 Å². The van der Waals surface area contributed by atoms with Gasteiger partial charge >= 0.3 is 6.18 Å². The van der Waals surface area contributed by atoms with E-state index >= 15 is 0 Å². The minimum Gasteiger partial charge on any atom is -0.497 e. The molecule has 9 heteroatoms. The van der Waals surface area contributed by atoms with Gasteiger partial charge in [0.25, 0.3) is 0 Å². The van der Waals surface area contributed by atoms with Crippen molar-refractivity contribution in [1.82, 2.24) is 4.31 Å². The van der Waals surface area contributed by atoms with Crippen molar-refractivity contribution in [2.24, 2.45) is 0 Å². The minimum atomic E-state index is -4.59. The van der Waals surface area contributed by atoms with Crippen LogP contribution >= 0.6 is 0 Å². The largest absolute Gasteiger partial charge is 0.497 e. The Labute approximate surface area is 156 Å². The van der Waals surface area contributed by atoms with Crippen molar-refractivity contribution in [2.75, 3.05) is 38.2 Å². The summed E-state index contributed by atoms with van der Waals surface area (Å²) in [6.45, 7) is 1.25. The molecule has 1 saturated heterocycles. The summed E-state index contributed by atoms with van der Waals surface area (Å²) in [4.78, 5) is 1.67. The Morgan fingerprint density at radius 2 is 1.63 bits per heavy atom. The van der Waals surface area contributed by atoms with Gasteiger partial charge in [0.1, 0.15) is 5.75 Å². The number of methoxy groups -OCH3 is 1. The van der Waals surface area contributed by atoms with Gasteiger partial charge in [-0.2, -0.15) is 17.5 Å². The van der Waals surface area contributed by atoms with Gasteiger partial charge in [0.15, 0.2) is 0 Å². The standard InChI is InChI=1S/C18H19F3N2O3S/c1-26-16-6-3-5-15(13-16)22-8-10-23(11-9-22)27(24,25)17-7-2-4-14(12-17)18(19,20)21/h2-7,12-13H,8-11H2,1H3. The number of piperazine rings is 1. The van der Waals surface area contributed by atoms with Crippen LogP contribution in [0.25, 0.3) is 0 Å². The Hall–Kier alpha value is -2.26. The van der Waals surface area contributed by atoms with Gasteiger partial charge < -0.3 is 9.64 Å². The summed E-state index contributed by atoms with van der Waals surface area (Å²) in [5, 5.41) is 0. The number of anilines is 1. The van der Waals surface area contributed by atoms with E-state index in [1.54, 1.807) is 7.11 Å². The zero-order valence-electron chi connectivity index (χ0n) is 14.6. The van der Waals surface area contributed by atoms with Crippen LogP contribution in [-0.2, 0) is 16.2 Å². The summed E-state index contributed by atoms with van der Waals surface area (Å²) >= 11 is 0. The topological polar surface area (TPSA) is 49.9 Å². The molecule has 1 aliphatic heterocycles. The van der Waals surface area contributed by atoms with E-state index in [1.165, 1.54) is 10.4 Å². The highest BCUT2D eigenvalue weighted by Crippen LogP contribution is 2.31. The van der Waals surface area contributed by atoms with Gasteiger partial charge in [-0.1, -0.05) is 12.1 Å². The van der Waals surface area contributed by atoms with Gasteiger partial charge in [0.05, 0.1) is 17.6 Å². The van der Waals surface area contributed by atoms with E-state index in [-0.39, 0.29) is 18.0 Å². The summed E-state index contributed by atoms with van der Waals surface area (Å²) in [7, 11) is -2.41. The number of rotatable bonds is 4. The number of hydrogen-bond acceptors (Lipinski definition) is 4. The van der Waals surface area contributed by atoms with E-state index in [9.17, 15) is 21.6 Å². The molecule has 0 amide bonds. The minimum absolute atomic E-state index is 0.190. The van der Waals surface area contributed by atoms with Crippen molar-refractivity contribution in [2.45, 2.75) is 11.1 Å². The van der Waals surface area contributed by atoms with Crippen molar-refractivity contribution >= 4 is 15.7 Å². The van der Waals surface area contributed by atoms with Gasteiger partial charge in [0, 0.05) is 37.9 Å². The molecule has 0 saturated carbocycles. The van der Waals surface area contributed by atoms with Crippen LogP contribution < -0.4 is 9.64 Å². The maximum Gasteiger partial charge on any atom is 0.416 e. The summed E-state index contributed by atoms with van der Waals surface area (Å²) < 4.78 is 70.5. The second kappa shape index (κ2) is 7.40. The third kappa shape index (κ3) is 4.19. The second-order valence-corrected chi connectivity index (χ2v) is 8.06. The van der Waals surface area contributed by atoms with Crippen LogP contribution in [0.2, 0.25) is 0 Å². The summed E-state index contributed by atoms with van der Waals surface area (Å²) in [5.41, 5.74) is -0.0657. The van der Waals surface area contributed by atoms with Crippen LogP contribution in [0, 0.1) is 0 Å². The fraction of sp³-hybridized carbons (Fsp3) is 0.333. The van der Waals surface area contributed by atoms with Crippen LogP contribution in [0.3, 0.4) is 0 Å². The highest BCUT2D eigenvalue weighted by Gasteiger charge is 2.34. The highest BCUT2D eigenvalue weighted by molar-refractivity contribution is 7.89. The summed E-state index contributed by atoms with van der Waals surface area (Å²) in [5.74, 6) is 0.700. The normalized spacial score (nSPS) is 16.4. The predicted molar refractivity (Wildman–Crippen MR) is 95.4 cm³/mol. The van der Waals surface area contributed by atoms with Crippen molar-refractivity contribution < 1.29 is 26.3 Å². The Morgan fingerprint density at radius 3 is 2.26 bits per heavy atom. The third-order valence-corrected chi connectivity index (χ3v) is 6.35. The van der Waals surface area contributed by atoms with Crippen LogP contribution in [0.5, 0.6) is 5.75 Å². The van der Waals surface area contributed by atoms with Gasteiger partial charge in [-0.25, -0.2) is 8.42 Å². The van der Waals surface area contributed by atoms with E-state index in [4.69, 9.17) is 4.74 Å². The molecule has 2 aromatic carbocycles. The molecule has 27 heavy (non-hydrogen) atoms. The molecule has 1 heterocycles. The zero-order chi connectivity index (χ0) is 19.7. The number of hydrogen-bond donors (Lipinski definition) is 0. The fourth-order valence-electron chi connectivity index (χ4n) is 2.98. The lowest BCUT2D eigenvalue weighted by molar-refractivity contribution is -0.137. The lowest BCUT2D eigenvalue weighted by atomic mass is 10.2. The van der Waals surface area contributed by atoms with Crippen LogP contribution in [-0.4, -0.2) is 46.0 Å². The molecule has 5 nitrogen and oxygen atoms in total. The van der Waals surface area contributed by atoms with Crippen molar-refractivity contribution in [3.05, 3.63) is 54.1 Å². The number of halogens is 3. The number of benzene rings is 2. The maximum absolute atomic E-state index is 12.9. The van der Waals surface area contributed by atoms with Crippen molar-refractivity contribution in [1.29, 1.82) is 0 Å². The second-order valence-electron chi connectivity index (χ2n) is 6.12. The summed E-state index contributed by atoms with van der Waals surface area (Å²) in [6.07, 6.45) is -4.59. The van der Waals surface area contributed by atoms with Gasteiger partial charge in [-0.3, -0.25) is 0 Å². The van der Waals surface area contributed by atoms with E-state index < -0.39 is 21.8 Å². The number of alkyl halides is 3. The molecule has 1 fully saturated rings. The average Bonchev–Trinajstić information content (AvgIpc) is 2.67. The molecule has 0 bridgehead atoms. The molecule has 2 aromatic rings. The average molecular weight is 400 g/mol. The van der Waals surface area contributed by atoms with Crippen LogP contribution in [0.15, 0.2) is 53.4 Å². The monoisotopic (exact) mass is 400 g/mol. The molecule has 0 aromatic heterocycles. The first-order valence-electron chi connectivity index (χ1n) is 8.28. The summed E-state index contributed by atoms with van der Waals surface area (Å²) in [6, 6.07) is 11.3. The molecular formula is C18H19F3N2O3S. The predicted octanol–water partition coefficient (Wildman–Crippen LogP) is 3.22. The molecule has 0 atom stereocenters. The lowest BCUT2D eigenvalue weighted by Crippen LogP contribution is -2.48. The smallest absolute Gasteiger partial charge is 0.416 e. The van der Waals surface area contributed by atoms with Crippen molar-refractivity contribution in [3.8, 4) is 5.75 Å². The quantitative estimate of drug-likeness (QED) is 0.791. The maximum atomic E-state index is 12.9. The van der Waals surface area contributed by atoms with Crippen LogP contribution in [0.4, 0.5) is 18.9 Å². The first kappa shape index (κ1) is 19.5. The molecule has 0 N–H and O–H groups in total. The van der Waals surface area contributed by atoms with Crippen molar-refractivity contribution in [3.63, 3.8) is 0 Å². The molecule has 146 valence electrons. The number of nitrogens with zero attached hydrogens (tertiary/aromatic N) is 2. The number of sulfonamides is 1. The lowest BCUT2D eigenvalue weighted by Gasteiger charge is -2.35. The number of ether oxygens (including phenoxy) is 1. The first-order chi connectivity index (χ1) is 12.7. The molecule has 3 rings (SSSR count). The molecule has 0 radical (unpaired) electrons. The first-order valence-corrected chi connectivity index (χ1v) is 9.72. The molecule has 0 spiro atoms. The zero-order valence-corrected chi connectivity index (χ0v) is 15.4. The third-order valence-electron chi connectivity index (χ3n) is 4.46. The van der Waals surface area contributed by atoms with E-state index in [0.29, 0.717) is 24.9 Å². The SMILES string of the molecule is COc1cccc(N2CCN(S(=O)(=O)c3cccc(C(F)(F)F)c3)CC2)c1. The van der Waals surface area contributed by atoms with E-state index in [2.05, 4.69) is 0 Å². The molecule has 1 aliphatic rings. The Morgan fingerprint density at radius 1 is 0.963 bits per heavy atom. The van der Waals surface area contributed by atoms with E-state index in [0.717, 1.165) is 17.8 Å². The Kier molecular flexibility index (Phi) is 5.34. The van der Waals surface area contributed by atoms with Crippen LogP contribution in [0.1, 0.15) is 5.56 Å². The Bertz CT molecular complexity index is 908.